The smallest absolute Gasteiger partial charge is 0.267 e. The molecule has 15 heavy (non-hydrogen) atoms. The summed E-state index contributed by atoms with van der Waals surface area (Å²) in [6.45, 7) is 0. The largest absolute Gasteiger partial charge is 0.295 e. The SMILES string of the molecule is Cn1cc(Cc2ncc(Br)cn2)c(=O)[nH]1. The molecule has 78 valence electrons. The lowest BCUT2D eigenvalue weighted by atomic mass is 10.2. The second-order valence-electron chi connectivity index (χ2n) is 3.20. The maximum atomic E-state index is 11.4. The van der Waals surface area contributed by atoms with Crippen LogP contribution in [0.3, 0.4) is 0 Å². The number of aryl methyl sites for hydroxylation is 1. The van der Waals surface area contributed by atoms with Gasteiger partial charge < -0.3 is 0 Å². The Bertz CT molecular complexity index is 514. The zero-order chi connectivity index (χ0) is 10.8. The van der Waals surface area contributed by atoms with Crippen LogP contribution in [0.15, 0.2) is 27.9 Å². The molecule has 0 atom stereocenters. The molecule has 0 aromatic carbocycles. The minimum Gasteiger partial charge on any atom is -0.295 e. The van der Waals surface area contributed by atoms with Crippen molar-refractivity contribution in [2.45, 2.75) is 6.42 Å². The van der Waals surface area contributed by atoms with Crippen molar-refractivity contribution in [2.24, 2.45) is 7.05 Å². The topological polar surface area (TPSA) is 63.6 Å². The van der Waals surface area contributed by atoms with E-state index in [-0.39, 0.29) is 5.56 Å². The first-order chi connectivity index (χ1) is 7.15. The van der Waals surface area contributed by atoms with Gasteiger partial charge in [0, 0.05) is 37.6 Å². The second-order valence-corrected chi connectivity index (χ2v) is 4.12. The van der Waals surface area contributed by atoms with Crippen LogP contribution in [-0.4, -0.2) is 19.7 Å². The predicted octanol–water partition coefficient (Wildman–Crippen LogP) is 0.857. The molecule has 0 aliphatic carbocycles. The van der Waals surface area contributed by atoms with Gasteiger partial charge in [-0.3, -0.25) is 14.6 Å². The van der Waals surface area contributed by atoms with Gasteiger partial charge in [-0.1, -0.05) is 0 Å². The molecule has 0 saturated carbocycles. The third-order valence-corrected chi connectivity index (χ3v) is 2.35. The van der Waals surface area contributed by atoms with Gasteiger partial charge in [-0.15, -0.1) is 0 Å². The number of aromatic amines is 1. The van der Waals surface area contributed by atoms with Crippen molar-refractivity contribution in [2.75, 3.05) is 0 Å². The van der Waals surface area contributed by atoms with E-state index < -0.39 is 0 Å². The summed E-state index contributed by atoms with van der Waals surface area (Å²) in [6, 6.07) is 0. The summed E-state index contributed by atoms with van der Waals surface area (Å²) in [5, 5.41) is 2.64. The molecule has 0 saturated heterocycles. The van der Waals surface area contributed by atoms with Crippen molar-refractivity contribution in [1.29, 1.82) is 0 Å². The highest BCUT2D eigenvalue weighted by Gasteiger charge is 2.05. The van der Waals surface area contributed by atoms with E-state index in [0.717, 1.165) is 4.47 Å². The summed E-state index contributed by atoms with van der Waals surface area (Å²) in [5.41, 5.74) is 0.573. The highest BCUT2D eigenvalue weighted by Crippen LogP contribution is 2.06. The average molecular weight is 269 g/mol. The van der Waals surface area contributed by atoms with Crippen molar-refractivity contribution in [1.82, 2.24) is 19.7 Å². The van der Waals surface area contributed by atoms with Crippen LogP contribution in [0.1, 0.15) is 11.4 Å². The maximum absolute atomic E-state index is 11.4. The summed E-state index contributed by atoms with van der Waals surface area (Å²) < 4.78 is 2.45. The zero-order valence-electron chi connectivity index (χ0n) is 8.07. The van der Waals surface area contributed by atoms with Crippen LogP contribution in [0, 0.1) is 0 Å². The van der Waals surface area contributed by atoms with Crippen molar-refractivity contribution in [3.63, 3.8) is 0 Å². The van der Waals surface area contributed by atoms with E-state index in [4.69, 9.17) is 0 Å². The highest BCUT2D eigenvalue weighted by atomic mass is 79.9. The molecular weight excluding hydrogens is 260 g/mol. The van der Waals surface area contributed by atoms with E-state index in [1.165, 1.54) is 0 Å². The number of hydrogen-bond acceptors (Lipinski definition) is 3. The molecule has 0 fully saturated rings. The molecule has 0 unspecified atom stereocenters. The first kappa shape index (κ1) is 10.1. The van der Waals surface area contributed by atoms with Gasteiger partial charge in [0.2, 0.25) is 0 Å². The first-order valence-corrected chi connectivity index (χ1v) is 5.15. The Morgan fingerprint density at radius 2 is 2.13 bits per heavy atom. The van der Waals surface area contributed by atoms with Gasteiger partial charge in [-0.2, -0.15) is 0 Å². The molecule has 0 spiro atoms. The summed E-state index contributed by atoms with van der Waals surface area (Å²) in [6.07, 6.45) is 5.52. The van der Waals surface area contributed by atoms with Crippen LogP contribution in [0.2, 0.25) is 0 Å². The molecule has 0 radical (unpaired) electrons. The molecule has 0 bridgehead atoms. The van der Waals surface area contributed by atoms with E-state index in [1.54, 1.807) is 30.3 Å². The first-order valence-electron chi connectivity index (χ1n) is 4.36. The Hall–Kier alpha value is -1.43. The Morgan fingerprint density at radius 1 is 1.47 bits per heavy atom. The molecular formula is C9H9BrN4O. The van der Waals surface area contributed by atoms with Gasteiger partial charge >= 0.3 is 0 Å². The average Bonchev–Trinajstić information content (AvgIpc) is 2.49. The molecule has 0 aliphatic rings. The molecule has 2 rings (SSSR count). The number of nitrogens with zero attached hydrogens (tertiary/aromatic N) is 3. The fraction of sp³-hybridized carbons (Fsp3) is 0.222. The third kappa shape index (κ3) is 2.33. The van der Waals surface area contributed by atoms with Crippen molar-refractivity contribution >= 4 is 15.9 Å². The number of nitrogens with one attached hydrogen (secondary N) is 1. The number of halogens is 1. The number of H-pyrrole nitrogens is 1. The van der Waals surface area contributed by atoms with Gasteiger partial charge in [-0.25, -0.2) is 9.97 Å². The fourth-order valence-electron chi connectivity index (χ4n) is 1.28. The van der Waals surface area contributed by atoms with Crippen molar-refractivity contribution < 1.29 is 0 Å². The Morgan fingerprint density at radius 3 is 2.67 bits per heavy atom. The van der Waals surface area contributed by atoms with Gasteiger partial charge in [0.15, 0.2) is 0 Å². The van der Waals surface area contributed by atoms with Crippen molar-refractivity contribution in [3.8, 4) is 0 Å². The van der Waals surface area contributed by atoms with Crippen LogP contribution in [0.25, 0.3) is 0 Å². The molecule has 2 aromatic rings. The monoisotopic (exact) mass is 268 g/mol. The predicted molar refractivity (Wildman–Crippen MR) is 58.6 cm³/mol. The summed E-state index contributed by atoms with van der Waals surface area (Å²) in [4.78, 5) is 19.6. The van der Waals surface area contributed by atoms with Gasteiger partial charge in [-0.05, 0) is 15.9 Å². The lowest BCUT2D eigenvalue weighted by molar-refractivity contribution is 0.756. The molecule has 2 aromatic heterocycles. The van der Waals surface area contributed by atoms with Crippen LogP contribution in [-0.2, 0) is 13.5 Å². The van der Waals surface area contributed by atoms with Gasteiger partial charge in [0.1, 0.15) is 5.82 Å². The molecule has 0 aliphatic heterocycles. The van der Waals surface area contributed by atoms with Crippen LogP contribution in [0.4, 0.5) is 0 Å². The van der Waals surface area contributed by atoms with Gasteiger partial charge in [0.05, 0.1) is 4.47 Å². The van der Waals surface area contributed by atoms with E-state index in [0.29, 0.717) is 17.8 Å². The van der Waals surface area contributed by atoms with Crippen LogP contribution >= 0.6 is 15.9 Å². The van der Waals surface area contributed by atoms with Gasteiger partial charge in [0.25, 0.3) is 5.56 Å². The highest BCUT2D eigenvalue weighted by molar-refractivity contribution is 9.10. The van der Waals surface area contributed by atoms with E-state index >= 15 is 0 Å². The van der Waals surface area contributed by atoms with Crippen molar-refractivity contribution in [3.05, 3.63) is 44.8 Å². The van der Waals surface area contributed by atoms with E-state index in [9.17, 15) is 4.79 Å². The standard InChI is InChI=1S/C9H9BrN4O/c1-14-5-6(9(15)13-14)2-8-11-3-7(10)4-12-8/h3-5H,2H2,1H3,(H,13,15). The zero-order valence-corrected chi connectivity index (χ0v) is 9.65. The van der Waals surface area contributed by atoms with E-state index in [2.05, 4.69) is 31.0 Å². The van der Waals surface area contributed by atoms with E-state index in [1.807, 2.05) is 0 Å². The quantitative estimate of drug-likeness (QED) is 0.879. The summed E-state index contributed by atoms with van der Waals surface area (Å²) >= 11 is 3.25. The Labute approximate surface area is 94.3 Å². The molecule has 2 heterocycles. The maximum Gasteiger partial charge on any atom is 0.267 e. The fourth-order valence-corrected chi connectivity index (χ4v) is 1.49. The Kier molecular flexibility index (Phi) is 2.68. The number of hydrogen-bond donors (Lipinski definition) is 1. The summed E-state index contributed by atoms with van der Waals surface area (Å²) in [7, 11) is 1.77. The molecule has 1 N–H and O–H groups in total. The van der Waals surface area contributed by atoms with Crippen LogP contribution < -0.4 is 5.56 Å². The molecule has 6 heteroatoms. The minimum atomic E-state index is -0.0935. The lowest BCUT2D eigenvalue weighted by Crippen LogP contribution is -2.08. The normalized spacial score (nSPS) is 10.5. The molecule has 0 amide bonds. The molecule has 5 nitrogen and oxygen atoms in total. The lowest BCUT2D eigenvalue weighted by Gasteiger charge is -1.95. The minimum absolute atomic E-state index is 0.0935. The van der Waals surface area contributed by atoms with Crippen LogP contribution in [0.5, 0.6) is 0 Å². The second kappa shape index (κ2) is 3.98. The number of aromatic nitrogens is 4. The third-order valence-electron chi connectivity index (χ3n) is 1.94. The summed E-state index contributed by atoms with van der Waals surface area (Å²) in [5.74, 6) is 0.634. The number of rotatable bonds is 2. The Balaban J connectivity index is 2.25.